The molecule has 118 valence electrons. The molecule has 3 rings (SSSR count). The second-order valence-electron chi connectivity index (χ2n) is 6.03. The van der Waals surface area contributed by atoms with E-state index in [2.05, 4.69) is 6.92 Å². The molecular weight excluding hydrogens is 290 g/mol. The molecule has 23 heavy (non-hydrogen) atoms. The van der Waals surface area contributed by atoms with Crippen LogP contribution in [0.25, 0.3) is 0 Å². The molecule has 2 atom stereocenters. The van der Waals surface area contributed by atoms with Gasteiger partial charge in [-0.1, -0.05) is 56.2 Å². The number of non-ortho nitro benzene ring substituents is 1. The standard InChI is InChI=1S/C19H19NO3/c1-2-3-6-17-18(13-9-11-14(12-10-13)20(22)23)15-7-4-5-8-16(15)19(17)21/h4-5,7-12,17-18H,2-3,6H2,1H3/t17-,18+/m0/s1. The third-order valence-electron chi connectivity index (χ3n) is 4.63. The average molecular weight is 309 g/mol. The molecule has 0 heterocycles. The van der Waals surface area contributed by atoms with E-state index in [4.69, 9.17) is 0 Å². The molecule has 0 spiro atoms. The first-order chi connectivity index (χ1) is 11.1. The number of nitro benzene ring substituents is 1. The number of carbonyl (C=O) groups is 1. The highest BCUT2D eigenvalue weighted by molar-refractivity contribution is 6.03. The zero-order valence-corrected chi connectivity index (χ0v) is 13.1. The fourth-order valence-electron chi connectivity index (χ4n) is 3.50. The average Bonchev–Trinajstić information content (AvgIpc) is 2.85. The van der Waals surface area contributed by atoms with Crippen molar-refractivity contribution in [2.24, 2.45) is 5.92 Å². The van der Waals surface area contributed by atoms with Crippen molar-refractivity contribution in [3.05, 3.63) is 75.3 Å². The van der Waals surface area contributed by atoms with E-state index in [9.17, 15) is 14.9 Å². The number of unbranched alkanes of at least 4 members (excludes halogenated alkanes) is 1. The maximum atomic E-state index is 12.8. The number of benzene rings is 2. The van der Waals surface area contributed by atoms with Crippen LogP contribution in [0.3, 0.4) is 0 Å². The van der Waals surface area contributed by atoms with Gasteiger partial charge >= 0.3 is 0 Å². The van der Waals surface area contributed by atoms with E-state index in [0.717, 1.165) is 36.0 Å². The van der Waals surface area contributed by atoms with Gasteiger partial charge in [0.15, 0.2) is 5.78 Å². The molecule has 4 nitrogen and oxygen atoms in total. The Balaban J connectivity index is 2.02. The summed E-state index contributed by atoms with van der Waals surface area (Å²) >= 11 is 0. The molecule has 0 fully saturated rings. The Hall–Kier alpha value is -2.49. The van der Waals surface area contributed by atoms with Gasteiger partial charge in [-0.2, -0.15) is 0 Å². The largest absolute Gasteiger partial charge is 0.294 e. The second-order valence-corrected chi connectivity index (χ2v) is 6.03. The number of nitro groups is 1. The lowest BCUT2D eigenvalue weighted by atomic mass is 9.83. The zero-order chi connectivity index (χ0) is 16.4. The minimum atomic E-state index is -0.397. The molecule has 0 radical (unpaired) electrons. The summed E-state index contributed by atoms with van der Waals surface area (Å²) in [6.45, 7) is 2.12. The van der Waals surface area contributed by atoms with Crippen molar-refractivity contribution in [1.29, 1.82) is 0 Å². The van der Waals surface area contributed by atoms with Crippen molar-refractivity contribution in [2.75, 3.05) is 0 Å². The number of carbonyl (C=O) groups excluding carboxylic acids is 1. The van der Waals surface area contributed by atoms with Crippen LogP contribution in [0.4, 0.5) is 5.69 Å². The SMILES string of the molecule is CCCC[C@@H]1C(=O)c2ccccc2[C@H]1c1ccc([N+](=O)[O-])cc1. The summed E-state index contributed by atoms with van der Waals surface area (Å²) in [7, 11) is 0. The highest BCUT2D eigenvalue weighted by Crippen LogP contribution is 2.44. The van der Waals surface area contributed by atoms with Gasteiger partial charge in [-0.3, -0.25) is 14.9 Å². The molecule has 1 aliphatic carbocycles. The smallest absolute Gasteiger partial charge is 0.269 e. The summed E-state index contributed by atoms with van der Waals surface area (Å²) in [6.07, 6.45) is 2.91. The first-order valence-electron chi connectivity index (χ1n) is 8.01. The van der Waals surface area contributed by atoms with Crippen LogP contribution < -0.4 is 0 Å². The first-order valence-corrected chi connectivity index (χ1v) is 8.01. The lowest BCUT2D eigenvalue weighted by Gasteiger charge is -2.19. The molecular formula is C19H19NO3. The Bertz CT molecular complexity index is 737. The molecule has 0 saturated heterocycles. The summed E-state index contributed by atoms with van der Waals surface area (Å²) in [4.78, 5) is 23.2. The van der Waals surface area contributed by atoms with Gasteiger partial charge in [0.05, 0.1) is 4.92 Å². The van der Waals surface area contributed by atoms with Crippen LogP contribution in [-0.2, 0) is 0 Å². The molecule has 0 bridgehead atoms. The lowest BCUT2D eigenvalue weighted by Crippen LogP contribution is -2.15. The molecule has 0 aliphatic heterocycles. The van der Waals surface area contributed by atoms with Crippen molar-refractivity contribution in [3.8, 4) is 0 Å². The summed E-state index contributed by atoms with van der Waals surface area (Å²) in [5.41, 5.74) is 2.91. The fourth-order valence-corrected chi connectivity index (χ4v) is 3.50. The van der Waals surface area contributed by atoms with Crippen molar-refractivity contribution in [2.45, 2.75) is 32.1 Å². The van der Waals surface area contributed by atoms with Gasteiger partial charge in [0, 0.05) is 29.5 Å². The third-order valence-corrected chi connectivity index (χ3v) is 4.63. The molecule has 0 saturated carbocycles. The molecule has 4 heteroatoms. The van der Waals surface area contributed by atoms with Gasteiger partial charge in [0.25, 0.3) is 5.69 Å². The topological polar surface area (TPSA) is 60.2 Å². The quantitative estimate of drug-likeness (QED) is 0.592. The van der Waals surface area contributed by atoms with Crippen LogP contribution >= 0.6 is 0 Å². The van der Waals surface area contributed by atoms with Crippen LogP contribution in [-0.4, -0.2) is 10.7 Å². The van der Waals surface area contributed by atoms with Crippen molar-refractivity contribution in [1.82, 2.24) is 0 Å². The molecule has 2 aromatic rings. The minimum Gasteiger partial charge on any atom is -0.294 e. The van der Waals surface area contributed by atoms with Crippen molar-refractivity contribution >= 4 is 11.5 Å². The maximum absolute atomic E-state index is 12.8. The Morgan fingerprint density at radius 2 is 1.78 bits per heavy atom. The normalized spacial score (nSPS) is 19.6. The summed E-state index contributed by atoms with van der Waals surface area (Å²) in [5, 5.41) is 10.8. The highest BCUT2D eigenvalue weighted by Gasteiger charge is 2.39. The van der Waals surface area contributed by atoms with Gasteiger partial charge in [-0.25, -0.2) is 0 Å². The zero-order valence-electron chi connectivity index (χ0n) is 13.1. The van der Waals surface area contributed by atoms with Crippen molar-refractivity contribution < 1.29 is 9.72 Å². The molecule has 0 amide bonds. The second kappa shape index (κ2) is 6.32. The molecule has 0 aromatic heterocycles. The monoisotopic (exact) mass is 309 g/mol. The van der Waals surface area contributed by atoms with Gasteiger partial charge in [0.2, 0.25) is 0 Å². The van der Waals surface area contributed by atoms with E-state index >= 15 is 0 Å². The first kappa shape index (κ1) is 15.4. The van der Waals surface area contributed by atoms with Crippen molar-refractivity contribution in [3.63, 3.8) is 0 Å². The van der Waals surface area contributed by atoms with E-state index < -0.39 is 4.92 Å². The van der Waals surface area contributed by atoms with E-state index in [1.807, 2.05) is 24.3 Å². The number of rotatable bonds is 5. The van der Waals surface area contributed by atoms with E-state index in [-0.39, 0.29) is 23.3 Å². The maximum Gasteiger partial charge on any atom is 0.269 e. The van der Waals surface area contributed by atoms with Crippen LogP contribution in [0.2, 0.25) is 0 Å². The number of hydrogen-bond acceptors (Lipinski definition) is 3. The minimum absolute atomic E-state index is 0.00561. The summed E-state index contributed by atoms with van der Waals surface area (Å²) < 4.78 is 0. The van der Waals surface area contributed by atoms with Crippen LogP contribution in [0, 0.1) is 16.0 Å². The number of fused-ring (bicyclic) bond motifs is 1. The van der Waals surface area contributed by atoms with Gasteiger partial charge in [0.1, 0.15) is 0 Å². The Morgan fingerprint density at radius 1 is 1.09 bits per heavy atom. The van der Waals surface area contributed by atoms with E-state index in [0.29, 0.717) is 0 Å². The predicted octanol–water partition coefficient (Wildman–Crippen LogP) is 4.73. The summed E-state index contributed by atoms with van der Waals surface area (Å²) in [6, 6.07) is 14.4. The van der Waals surface area contributed by atoms with Crippen LogP contribution in [0.5, 0.6) is 0 Å². The molecule has 0 N–H and O–H groups in total. The Kier molecular flexibility index (Phi) is 4.24. The molecule has 2 aromatic carbocycles. The van der Waals surface area contributed by atoms with E-state index in [1.165, 1.54) is 12.1 Å². The Labute approximate surface area is 135 Å². The van der Waals surface area contributed by atoms with Gasteiger partial charge in [-0.05, 0) is 17.5 Å². The summed E-state index contributed by atoms with van der Waals surface area (Å²) in [5.74, 6) is 0.150. The molecule has 1 aliphatic rings. The molecule has 0 unspecified atom stereocenters. The number of ketones is 1. The number of hydrogen-bond donors (Lipinski definition) is 0. The van der Waals surface area contributed by atoms with E-state index in [1.54, 1.807) is 12.1 Å². The van der Waals surface area contributed by atoms with Crippen LogP contribution in [0.15, 0.2) is 48.5 Å². The van der Waals surface area contributed by atoms with Gasteiger partial charge < -0.3 is 0 Å². The number of nitrogens with zero attached hydrogens (tertiary/aromatic N) is 1. The van der Waals surface area contributed by atoms with Crippen LogP contribution in [0.1, 0.15) is 53.6 Å². The third kappa shape index (κ3) is 2.77. The fraction of sp³-hybridized carbons (Fsp3) is 0.316. The highest BCUT2D eigenvalue weighted by atomic mass is 16.6. The number of Topliss-reactive ketones (excluding diaryl/α,β-unsaturated/α-hetero) is 1. The van der Waals surface area contributed by atoms with Gasteiger partial charge in [-0.15, -0.1) is 0 Å². The Morgan fingerprint density at radius 3 is 2.43 bits per heavy atom. The predicted molar refractivity (Wildman–Crippen MR) is 88.7 cm³/mol. The lowest BCUT2D eigenvalue weighted by molar-refractivity contribution is -0.384.